The van der Waals surface area contributed by atoms with Crippen LogP contribution in [0.2, 0.25) is 0 Å². The molecule has 0 aromatic carbocycles. The van der Waals surface area contributed by atoms with Gasteiger partial charge in [-0.15, -0.1) is 0 Å². The number of carbonyl (C=O) groups is 1. The lowest BCUT2D eigenvalue weighted by Gasteiger charge is -2.62. The second kappa shape index (κ2) is 8.05. The quantitative estimate of drug-likeness (QED) is 0.535. The van der Waals surface area contributed by atoms with Gasteiger partial charge in [-0.3, -0.25) is 4.79 Å². The molecular formula is C26H46O2. The summed E-state index contributed by atoms with van der Waals surface area (Å²) in [5.41, 5.74) is 0.210. The molecule has 4 saturated carbocycles. The molecule has 4 aliphatic rings. The molecule has 0 heterocycles. The van der Waals surface area contributed by atoms with Crippen LogP contribution >= 0.6 is 0 Å². The van der Waals surface area contributed by atoms with Gasteiger partial charge < -0.3 is 5.11 Å². The van der Waals surface area contributed by atoms with E-state index in [2.05, 4.69) is 20.8 Å². The fourth-order valence-corrected chi connectivity index (χ4v) is 8.61. The standard InChI is InChI=1S/C24H40O2.C2H6/c1-16(25)19-7-5-8-20-18-10-9-17-15-22(2,26)12-6-13-23(17,3)21(18)11-14-24(19,20)4;1-2/h17-21,26H,5-15H2,1-4H3;1-2H3. The van der Waals surface area contributed by atoms with Gasteiger partial charge in [0.2, 0.25) is 0 Å². The van der Waals surface area contributed by atoms with Gasteiger partial charge >= 0.3 is 0 Å². The molecule has 8 unspecified atom stereocenters. The summed E-state index contributed by atoms with van der Waals surface area (Å²) in [5, 5.41) is 10.8. The molecule has 2 heteroatoms. The molecule has 0 spiro atoms. The van der Waals surface area contributed by atoms with Gasteiger partial charge in [0, 0.05) is 5.92 Å². The van der Waals surface area contributed by atoms with Gasteiger partial charge in [-0.05, 0) is 106 Å². The third kappa shape index (κ3) is 3.61. The van der Waals surface area contributed by atoms with Gasteiger partial charge in [0.1, 0.15) is 5.78 Å². The largest absolute Gasteiger partial charge is 0.390 e. The van der Waals surface area contributed by atoms with E-state index in [-0.39, 0.29) is 5.41 Å². The Hall–Kier alpha value is -0.370. The maximum absolute atomic E-state index is 12.4. The molecule has 162 valence electrons. The Balaban J connectivity index is 0.00000109. The summed E-state index contributed by atoms with van der Waals surface area (Å²) in [5.74, 6) is 3.84. The zero-order valence-electron chi connectivity index (χ0n) is 19.5. The lowest BCUT2D eigenvalue weighted by Crippen LogP contribution is -2.56. The molecule has 1 N–H and O–H groups in total. The molecule has 0 aromatic heterocycles. The van der Waals surface area contributed by atoms with Crippen LogP contribution in [0.4, 0.5) is 0 Å². The Morgan fingerprint density at radius 1 is 0.821 bits per heavy atom. The minimum Gasteiger partial charge on any atom is -0.390 e. The van der Waals surface area contributed by atoms with E-state index in [9.17, 15) is 9.90 Å². The molecule has 0 bridgehead atoms. The number of rotatable bonds is 1. The van der Waals surface area contributed by atoms with Gasteiger partial charge in [0.05, 0.1) is 5.60 Å². The number of hydrogen-bond acceptors (Lipinski definition) is 2. The van der Waals surface area contributed by atoms with Crippen molar-refractivity contribution >= 4 is 5.78 Å². The van der Waals surface area contributed by atoms with Crippen molar-refractivity contribution in [2.24, 2.45) is 40.4 Å². The summed E-state index contributed by atoms with van der Waals surface area (Å²) in [6, 6.07) is 0. The highest BCUT2D eigenvalue weighted by atomic mass is 16.3. The number of ketones is 1. The third-order valence-electron chi connectivity index (χ3n) is 9.91. The summed E-state index contributed by atoms with van der Waals surface area (Å²) < 4.78 is 0. The van der Waals surface area contributed by atoms with Crippen LogP contribution in [-0.4, -0.2) is 16.5 Å². The zero-order chi connectivity index (χ0) is 20.7. The van der Waals surface area contributed by atoms with E-state index in [4.69, 9.17) is 0 Å². The van der Waals surface area contributed by atoms with Crippen LogP contribution in [0.3, 0.4) is 0 Å². The van der Waals surface area contributed by atoms with Crippen LogP contribution in [0.1, 0.15) is 112 Å². The first kappa shape index (κ1) is 22.3. The highest BCUT2D eigenvalue weighted by molar-refractivity contribution is 5.79. The number of aliphatic hydroxyl groups is 1. The summed E-state index contributed by atoms with van der Waals surface area (Å²) in [7, 11) is 0. The van der Waals surface area contributed by atoms with E-state index >= 15 is 0 Å². The average molecular weight is 391 g/mol. The van der Waals surface area contributed by atoms with Gasteiger partial charge in [0.25, 0.3) is 0 Å². The minimum absolute atomic E-state index is 0.255. The lowest BCUT2D eigenvalue weighted by atomic mass is 9.42. The van der Waals surface area contributed by atoms with Gasteiger partial charge in [-0.2, -0.15) is 0 Å². The van der Waals surface area contributed by atoms with Crippen LogP contribution in [-0.2, 0) is 4.79 Å². The monoisotopic (exact) mass is 390 g/mol. The molecule has 0 amide bonds. The molecule has 0 aromatic rings. The predicted molar refractivity (Wildman–Crippen MR) is 117 cm³/mol. The van der Waals surface area contributed by atoms with E-state index in [1.54, 1.807) is 0 Å². The Morgan fingerprint density at radius 3 is 2.18 bits per heavy atom. The molecule has 8 atom stereocenters. The fraction of sp³-hybridized carbons (Fsp3) is 0.962. The molecule has 0 radical (unpaired) electrons. The Morgan fingerprint density at radius 2 is 1.50 bits per heavy atom. The molecule has 28 heavy (non-hydrogen) atoms. The summed E-state index contributed by atoms with van der Waals surface area (Å²) in [4.78, 5) is 12.4. The van der Waals surface area contributed by atoms with Crippen molar-refractivity contribution in [3.63, 3.8) is 0 Å². The van der Waals surface area contributed by atoms with Crippen LogP contribution in [0, 0.1) is 40.4 Å². The van der Waals surface area contributed by atoms with Crippen molar-refractivity contribution in [3.05, 3.63) is 0 Å². The Labute approximate surface area is 174 Å². The molecule has 4 rings (SSSR count). The predicted octanol–water partition coefficient (Wildman–Crippen LogP) is 6.79. The van der Waals surface area contributed by atoms with Gasteiger partial charge in [-0.25, -0.2) is 0 Å². The lowest BCUT2D eigenvalue weighted by molar-refractivity contribution is -0.151. The van der Waals surface area contributed by atoms with Crippen molar-refractivity contribution in [1.29, 1.82) is 0 Å². The first-order valence-electron chi connectivity index (χ1n) is 12.4. The van der Waals surface area contributed by atoms with Crippen molar-refractivity contribution in [2.45, 2.75) is 118 Å². The number of Topliss-reactive ketones (excluding diaryl/α,β-unsaturated/α-hetero) is 1. The Bertz CT molecular complexity index is 567. The SMILES string of the molecule is CC.CC(=O)C1CCCC2C3CCC4CC(C)(O)CCCC4(C)C3CCC12C. The minimum atomic E-state index is -0.455. The van der Waals surface area contributed by atoms with Gasteiger partial charge in [-0.1, -0.05) is 40.5 Å². The van der Waals surface area contributed by atoms with Crippen LogP contribution in [0.15, 0.2) is 0 Å². The van der Waals surface area contributed by atoms with Crippen molar-refractivity contribution in [3.8, 4) is 0 Å². The summed E-state index contributed by atoms with van der Waals surface area (Å²) >= 11 is 0. The Kier molecular flexibility index (Phi) is 6.41. The van der Waals surface area contributed by atoms with E-state index in [1.165, 1.54) is 51.4 Å². The summed E-state index contributed by atoms with van der Waals surface area (Å²) in [6.07, 6.45) is 13.4. The average Bonchev–Trinajstić information content (AvgIpc) is 2.76. The third-order valence-corrected chi connectivity index (χ3v) is 9.91. The van der Waals surface area contributed by atoms with Crippen molar-refractivity contribution in [1.82, 2.24) is 0 Å². The van der Waals surface area contributed by atoms with E-state index in [0.717, 1.165) is 37.0 Å². The first-order valence-corrected chi connectivity index (χ1v) is 12.4. The molecule has 4 aliphatic carbocycles. The zero-order valence-corrected chi connectivity index (χ0v) is 19.5. The molecule has 2 nitrogen and oxygen atoms in total. The van der Waals surface area contributed by atoms with Crippen LogP contribution in [0.25, 0.3) is 0 Å². The molecule has 0 aliphatic heterocycles. The highest BCUT2D eigenvalue weighted by Crippen LogP contribution is 2.66. The number of hydrogen-bond donors (Lipinski definition) is 1. The summed E-state index contributed by atoms with van der Waals surface area (Å²) in [6.45, 7) is 13.0. The second-order valence-corrected chi connectivity index (χ2v) is 11.4. The molecule has 4 fully saturated rings. The van der Waals surface area contributed by atoms with Crippen molar-refractivity contribution < 1.29 is 9.90 Å². The molecular weight excluding hydrogens is 344 g/mol. The number of carbonyl (C=O) groups excluding carboxylic acids is 1. The maximum Gasteiger partial charge on any atom is 0.133 e. The van der Waals surface area contributed by atoms with E-state index < -0.39 is 5.60 Å². The van der Waals surface area contributed by atoms with Gasteiger partial charge in [0.15, 0.2) is 0 Å². The fourth-order valence-electron chi connectivity index (χ4n) is 8.61. The first-order chi connectivity index (χ1) is 13.2. The second-order valence-electron chi connectivity index (χ2n) is 11.4. The number of fused-ring (bicyclic) bond motifs is 5. The topological polar surface area (TPSA) is 37.3 Å². The smallest absolute Gasteiger partial charge is 0.133 e. The van der Waals surface area contributed by atoms with E-state index in [1.807, 2.05) is 20.8 Å². The maximum atomic E-state index is 12.4. The van der Waals surface area contributed by atoms with Crippen LogP contribution in [0.5, 0.6) is 0 Å². The van der Waals surface area contributed by atoms with Crippen LogP contribution < -0.4 is 0 Å². The van der Waals surface area contributed by atoms with E-state index in [0.29, 0.717) is 23.0 Å². The van der Waals surface area contributed by atoms with Crippen molar-refractivity contribution in [2.75, 3.05) is 0 Å². The molecule has 0 saturated heterocycles. The highest BCUT2D eigenvalue weighted by Gasteiger charge is 2.59. The normalized spacial score (nSPS) is 50.8.